The molecule has 0 aliphatic rings. The predicted molar refractivity (Wildman–Crippen MR) is 86.6 cm³/mol. The van der Waals surface area contributed by atoms with Crippen LogP contribution < -0.4 is 4.72 Å². The number of carbonyl (C=O) groups excluding carboxylic acids is 1. The summed E-state index contributed by atoms with van der Waals surface area (Å²) >= 11 is 4.91. The van der Waals surface area contributed by atoms with E-state index >= 15 is 0 Å². The number of hydrogen-bond acceptors (Lipinski definition) is 4. The van der Waals surface area contributed by atoms with Crippen LogP contribution in [-0.4, -0.2) is 22.4 Å². The third kappa shape index (κ3) is 5.51. The average molecular weight is 332 g/mol. The first-order valence-corrected chi connectivity index (χ1v) is 8.19. The number of esters is 1. The molecule has 0 fully saturated rings. The molecule has 1 N–H and O–H groups in total. The summed E-state index contributed by atoms with van der Waals surface area (Å²) in [5, 5.41) is 0.535. The van der Waals surface area contributed by atoms with E-state index in [1.165, 1.54) is 7.11 Å². The van der Waals surface area contributed by atoms with Gasteiger partial charge in [-0.05, 0) is 39.3 Å². The van der Waals surface area contributed by atoms with Crippen molar-refractivity contribution in [1.29, 1.82) is 0 Å². The molecule has 0 aliphatic heterocycles. The number of methoxy groups -OCH3 is 1. The topological polar surface area (TPSA) is 61.4 Å². The van der Waals surface area contributed by atoms with Gasteiger partial charge in [0.1, 0.15) is 4.75 Å². The van der Waals surface area contributed by atoms with Gasteiger partial charge in [-0.25, -0.2) is 0 Å². The van der Waals surface area contributed by atoms with Gasteiger partial charge in [-0.2, -0.15) is 0 Å². The first-order valence-electron chi connectivity index (χ1n) is 6.66. The summed E-state index contributed by atoms with van der Waals surface area (Å²) in [7, 11) is 1.33. The lowest BCUT2D eigenvalue weighted by Crippen LogP contribution is -2.42. The number of benzene rings is 1. The second-order valence-electron chi connectivity index (χ2n) is 5.86. The van der Waals surface area contributed by atoms with E-state index in [1.807, 2.05) is 39.8 Å². The van der Waals surface area contributed by atoms with Crippen molar-refractivity contribution in [2.75, 3.05) is 7.11 Å². The summed E-state index contributed by atoms with van der Waals surface area (Å²) in [5.41, 5.74) is 1.77. The van der Waals surface area contributed by atoms with Crippen molar-refractivity contribution in [3.05, 3.63) is 34.3 Å². The molecular weight excluding hydrogens is 310 g/mol. The van der Waals surface area contributed by atoms with Gasteiger partial charge < -0.3 is 9.29 Å². The van der Waals surface area contributed by atoms with E-state index in [0.29, 0.717) is 5.02 Å². The first kappa shape index (κ1) is 18.3. The predicted octanol–water partition coefficient (Wildman–Crippen LogP) is 3.30. The molecule has 1 rings (SSSR count). The third-order valence-electron chi connectivity index (χ3n) is 2.93. The molecule has 0 amide bonds. The van der Waals surface area contributed by atoms with Crippen LogP contribution in [0.5, 0.6) is 0 Å². The molecule has 118 valence electrons. The fourth-order valence-corrected chi connectivity index (χ4v) is 2.77. The molecule has 0 bridgehead atoms. The van der Waals surface area contributed by atoms with E-state index < -0.39 is 22.2 Å². The van der Waals surface area contributed by atoms with Gasteiger partial charge >= 0.3 is 5.97 Å². The van der Waals surface area contributed by atoms with Crippen LogP contribution in [0, 0.1) is 6.92 Å². The van der Waals surface area contributed by atoms with E-state index in [0.717, 1.165) is 11.1 Å². The molecule has 6 heteroatoms. The van der Waals surface area contributed by atoms with E-state index in [9.17, 15) is 9.35 Å². The lowest BCUT2D eigenvalue weighted by Gasteiger charge is -2.28. The quantitative estimate of drug-likeness (QED) is 0.664. The number of halogens is 1. The highest BCUT2D eigenvalue weighted by atomic mass is 35.5. The van der Waals surface area contributed by atoms with E-state index in [1.54, 1.807) is 6.07 Å². The van der Waals surface area contributed by atoms with E-state index in [2.05, 4.69) is 4.72 Å². The Morgan fingerprint density at radius 2 is 2.10 bits per heavy atom. The van der Waals surface area contributed by atoms with Crippen LogP contribution in [0.25, 0.3) is 0 Å². The number of carbonyl (C=O) groups is 1. The van der Waals surface area contributed by atoms with Crippen LogP contribution >= 0.6 is 11.6 Å². The minimum atomic E-state index is -1.32. The fourth-order valence-electron chi connectivity index (χ4n) is 1.70. The molecule has 0 radical (unpaired) electrons. The number of aryl methyl sites for hydroxylation is 1. The van der Waals surface area contributed by atoms with Gasteiger partial charge in [0.05, 0.1) is 19.6 Å². The standard InChI is InChI=1S/C15H22ClNO3S/c1-10-6-7-12(16)11(8-10)13(9-14(18)20-5)17-21(19)15(2,3)4/h6-8,13,17H,9H2,1-5H3/t13-,21?/m0/s1. The van der Waals surface area contributed by atoms with Gasteiger partial charge in [0, 0.05) is 16.4 Å². The van der Waals surface area contributed by atoms with Gasteiger partial charge in [0.15, 0.2) is 0 Å². The largest absolute Gasteiger partial charge is 0.598 e. The Labute approximate surface area is 134 Å². The smallest absolute Gasteiger partial charge is 0.307 e. The Kier molecular flexibility index (Phi) is 6.53. The summed E-state index contributed by atoms with van der Waals surface area (Å²) in [4.78, 5) is 11.6. The Hall–Kier alpha value is -0.750. The number of hydrogen-bond donors (Lipinski definition) is 1. The molecule has 0 aromatic heterocycles. The van der Waals surface area contributed by atoms with Crippen molar-refractivity contribution >= 4 is 28.9 Å². The Morgan fingerprint density at radius 3 is 2.62 bits per heavy atom. The minimum Gasteiger partial charge on any atom is -0.598 e. The van der Waals surface area contributed by atoms with Gasteiger partial charge in [-0.1, -0.05) is 29.3 Å². The zero-order valence-electron chi connectivity index (χ0n) is 13.0. The highest BCUT2D eigenvalue weighted by Gasteiger charge is 2.31. The summed E-state index contributed by atoms with van der Waals surface area (Å²) in [6, 6.07) is 5.10. The van der Waals surface area contributed by atoms with Crippen molar-refractivity contribution in [2.45, 2.75) is 44.9 Å². The molecule has 0 saturated carbocycles. The number of rotatable bonds is 5. The highest BCUT2D eigenvalue weighted by Crippen LogP contribution is 2.29. The Morgan fingerprint density at radius 1 is 1.48 bits per heavy atom. The van der Waals surface area contributed by atoms with Crippen molar-refractivity contribution < 1.29 is 14.1 Å². The molecular formula is C15H22ClNO3S. The van der Waals surface area contributed by atoms with Crippen molar-refractivity contribution in [1.82, 2.24) is 4.72 Å². The summed E-state index contributed by atoms with van der Waals surface area (Å²) in [6.45, 7) is 7.53. The van der Waals surface area contributed by atoms with Crippen LogP contribution in [0.3, 0.4) is 0 Å². The van der Waals surface area contributed by atoms with E-state index in [4.69, 9.17) is 16.3 Å². The normalized spacial score (nSPS) is 14.6. The van der Waals surface area contributed by atoms with Gasteiger partial charge in [-0.3, -0.25) is 4.79 Å². The zero-order valence-corrected chi connectivity index (χ0v) is 14.6. The van der Waals surface area contributed by atoms with Crippen molar-refractivity contribution in [2.24, 2.45) is 0 Å². The van der Waals surface area contributed by atoms with Gasteiger partial charge in [0.25, 0.3) is 0 Å². The molecule has 0 heterocycles. The fraction of sp³-hybridized carbons (Fsp3) is 0.533. The number of nitrogens with one attached hydrogen (secondary N) is 1. The van der Waals surface area contributed by atoms with Crippen LogP contribution in [-0.2, 0) is 20.9 Å². The second kappa shape index (κ2) is 7.49. The summed E-state index contributed by atoms with van der Waals surface area (Å²) in [5.74, 6) is -0.379. The Balaban J connectivity index is 3.07. The van der Waals surface area contributed by atoms with Crippen LogP contribution in [0.1, 0.15) is 44.4 Å². The van der Waals surface area contributed by atoms with Gasteiger partial charge in [0.2, 0.25) is 0 Å². The molecule has 1 aromatic carbocycles. The Bertz CT molecular complexity index is 502. The zero-order chi connectivity index (χ0) is 16.2. The number of ether oxygens (including phenoxy) is 1. The maximum Gasteiger partial charge on any atom is 0.307 e. The minimum absolute atomic E-state index is 0.0709. The first-order chi connectivity index (χ1) is 9.65. The maximum absolute atomic E-state index is 12.3. The molecule has 4 nitrogen and oxygen atoms in total. The molecule has 2 atom stereocenters. The molecule has 1 aromatic rings. The lowest BCUT2D eigenvalue weighted by atomic mass is 10.0. The lowest BCUT2D eigenvalue weighted by molar-refractivity contribution is -0.141. The van der Waals surface area contributed by atoms with Crippen LogP contribution in [0.2, 0.25) is 5.02 Å². The SMILES string of the molecule is COC(=O)C[C@H](N[S+]([O-])C(C)(C)C)c1cc(C)ccc1Cl. The molecule has 0 aliphatic carbocycles. The summed E-state index contributed by atoms with van der Waals surface area (Å²) < 4.78 is 19.6. The maximum atomic E-state index is 12.3. The van der Waals surface area contributed by atoms with Gasteiger partial charge in [-0.15, -0.1) is 4.72 Å². The molecule has 0 saturated heterocycles. The van der Waals surface area contributed by atoms with Crippen LogP contribution in [0.15, 0.2) is 18.2 Å². The average Bonchev–Trinajstić information content (AvgIpc) is 2.39. The second-order valence-corrected chi connectivity index (χ2v) is 8.26. The van der Waals surface area contributed by atoms with E-state index in [-0.39, 0.29) is 12.4 Å². The third-order valence-corrected chi connectivity index (χ3v) is 4.89. The molecule has 1 unspecified atom stereocenters. The van der Waals surface area contributed by atoms with Crippen molar-refractivity contribution in [3.63, 3.8) is 0 Å². The van der Waals surface area contributed by atoms with Crippen LogP contribution in [0.4, 0.5) is 0 Å². The molecule has 0 spiro atoms. The monoisotopic (exact) mass is 331 g/mol. The summed E-state index contributed by atoms with van der Waals surface area (Å²) in [6.07, 6.45) is 0.0709. The highest BCUT2D eigenvalue weighted by molar-refractivity contribution is 7.90. The van der Waals surface area contributed by atoms with Crippen molar-refractivity contribution in [3.8, 4) is 0 Å². The molecule has 21 heavy (non-hydrogen) atoms.